The molecule has 0 saturated carbocycles. The van der Waals surface area contributed by atoms with Crippen LogP contribution in [0.4, 0.5) is 5.69 Å². The third kappa shape index (κ3) is 2.36. The van der Waals surface area contributed by atoms with E-state index in [1.165, 1.54) is 11.3 Å². The Morgan fingerprint density at radius 2 is 2.06 bits per heavy atom. The molecule has 2 aromatic rings. The Balaban J connectivity index is 2.40. The van der Waals surface area contributed by atoms with Gasteiger partial charge in [0.2, 0.25) is 0 Å². The van der Waals surface area contributed by atoms with Gasteiger partial charge in [0.15, 0.2) is 9.84 Å². The molecule has 1 aromatic heterocycles. The van der Waals surface area contributed by atoms with E-state index in [0.717, 1.165) is 15.0 Å². The van der Waals surface area contributed by atoms with Gasteiger partial charge in [-0.05, 0) is 23.6 Å². The van der Waals surface area contributed by atoms with Crippen LogP contribution in [0.25, 0.3) is 10.1 Å². The smallest absolute Gasteiger partial charge is 0.154 e. The quantitative estimate of drug-likeness (QED) is 0.857. The molecule has 16 heavy (non-hydrogen) atoms. The van der Waals surface area contributed by atoms with Crippen LogP contribution >= 0.6 is 11.3 Å². The lowest BCUT2D eigenvalue weighted by molar-refractivity contribution is 0.597. The maximum Gasteiger partial charge on any atom is 0.154 e. The van der Waals surface area contributed by atoms with Crippen LogP contribution in [0.15, 0.2) is 24.3 Å². The number of fused-ring (bicyclic) bond motifs is 1. The Morgan fingerprint density at radius 3 is 2.75 bits per heavy atom. The molecule has 0 spiro atoms. The molecular weight excluding hydrogens is 242 g/mol. The van der Waals surface area contributed by atoms with Crippen LogP contribution < -0.4 is 5.73 Å². The molecule has 0 fully saturated rings. The van der Waals surface area contributed by atoms with Gasteiger partial charge < -0.3 is 5.73 Å². The summed E-state index contributed by atoms with van der Waals surface area (Å²) in [5.74, 6) is 0.312. The highest BCUT2D eigenvalue weighted by molar-refractivity contribution is 7.90. The summed E-state index contributed by atoms with van der Waals surface area (Å²) in [4.78, 5) is 0.877. The van der Waals surface area contributed by atoms with Crippen molar-refractivity contribution in [1.82, 2.24) is 0 Å². The second-order valence-corrected chi connectivity index (χ2v) is 7.21. The summed E-state index contributed by atoms with van der Waals surface area (Å²) in [5, 5.41) is 1.06. The minimum atomic E-state index is -2.95. The highest BCUT2D eigenvalue weighted by atomic mass is 32.2. The van der Waals surface area contributed by atoms with E-state index in [1.54, 1.807) is 6.92 Å². The van der Waals surface area contributed by atoms with Crippen molar-refractivity contribution in [3.63, 3.8) is 0 Å². The number of anilines is 1. The molecule has 0 aliphatic carbocycles. The van der Waals surface area contributed by atoms with Gasteiger partial charge in [0.25, 0.3) is 0 Å². The molecule has 1 heterocycles. The molecule has 2 N–H and O–H groups in total. The van der Waals surface area contributed by atoms with Crippen LogP contribution in [0.5, 0.6) is 0 Å². The van der Waals surface area contributed by atoms with Crippen molar-refractivity contribution in [2.45, 2.75) is 12.7 Å². The summed E-state index contributed by atoms with van der Waals surface area (Å²) < 4.78 is 24.0. The van der Waals surface area contributed by atoms with E-state index >= 15 is 0 Å². The normalized spacial score (nSPS) is 12.1. The Labute approximate surface area is 98.8 Å². The number of thiophene rings is 1. The predicted molar refractivity (Wildman–Crippen MR) is 69.4 cm³/mol. The fourth-order valence-electron chi connectivity index (χ4n) is 1.49. The first-order valence-electron chi connectivity index (χ1n) is 4.98. The number of hydrogen-bond acceptors (Lipinski definition) is 4. The Morgan fingerprint density at radius 1 is 1.31 bits per heavy atom. The summed E-state index contributed by atoms with van der Waals surface area (Å²) in [7, 11) is -2.95. The SMILES string of the molecule is CCS(=O)(=O)Cc1cc2ccc(N)cc2s1. The number of nitrogens with two attached hydrogens (primary N) is 1. The first-order valence-corrected chi connectivity index (χ1v) is 7.62. The van der Waals surface area contributed by atoms with E-state index in [2.05, 4.69) is 0 Å². The van der Waals surface area contributed by atoms with E-state index < -0.39 is 9.84 Å². The Kier molecular flexibility index (Phi) is 2.90. The average molecular weight is 255 g/mol. The Hall–Kier alpha value is -1.07. The zero-order chi connectivity index (χ0) is 11.8. The molecule has 2 rings (SSSR count). The lowest BCUT2D eigenvalue weighted by Gasteiger charge is -1.96. The molecule has 0 aliphatic rings. The fraction of sp³-hybridized carbons (Fsp3) is 0.273. The van der Waals surface area contributed by atoms with Gasteiger partial charge >= 0.3 is 0 Å². The van der Waals surface area contributed by atoms with E-state index in [9.17, 15) is 8.42 Å². The average Bonchev–Trinajstić information content (AvgIpc) is 2.58. The monoisotopic (exact) mass is 255 g/mol. The maximum atomic E-state index is 11.5. The molecule has 0 amide bonds. The zero-order valence-corrected chi connectivity index (χ0v) is 10.6. The zero-order valence-electron chi connectivity index (χ0n) is 8.93. The van der Waals surface area contributed by atoms with Crippen LogP contribution in [0.2, 0.25) is 0 Å². The second-order valence-electron chi connectivity index (χ2n) is 3.69. The topological polar surface area (TPSA) is 60.2 Å². The van der Waals surface area contributed by atoms with Crippen LogP contribution in [0.1, 0.15) is 11.8 Å². The van der Waals surface area contributed by atoms with E-state index in [-0.39, 0.29) is 11.5 Å². The Bertz CT molecular complexity index is 614. The van der Waals surface area contributed by atoms with Gasteiger partial charge in [-0.2, -0.15) is 0 Å². The minimum absolute atomic E-state index is 0.128. The van der Waals surface area contributed by atoms with Crippen molar-refractivity contribution < 1.29 is 8.42 Å². The molecule has 1 aromatic carbocycles. The standard InChI is InChI=1S/C11H13NO2S2/c1-2-16(13,14)7-10-5-8-3-4-9(12)6-11(8)15-10/h3-6H,2,7,12H2,1H3. The van der Waals surface area contributed by atoms with Crippen LogP contribution in [0, 0.1) is 0 Å². The van der Waals surface area contributed by atoms with E-state index in [4.69, 9.17) is 5.73 Å². The second kappa shape index (κ2) is 4.07. The van der Waals surface area contributed by atoms with Gasteiger partial charge in [-0.15, -0.1) is 11.3 Å². The molecule has 3 nitrogen and oxygen atoms in total. The van der Waals surface area contributed by atoms with Crippen LogP contribution in [0.3, 0.4) is 0 Å². The third-order valence-corrected chi connectivity index (χ3v) is 5.31. The molecule has 0 atom stereocenters. The van der Waals surface area contributed by atoms with Gasteiger partial charge in [-0.3, -0.25) is 0 Å². The molecule has 0 unspecified atom stereocenters. The van der Waals surface area contributed by atoms with E-state index in [0.29, 0.717) is 5.69 Å². The first-order chi connectivity index (χ1) is 7.50. The summed E-state index contributed by atoms with van der Waals surface area (Å²) in [6.45, 7) is 1.67. The van der Waals surface area contributed by atoms with Crippen molar-refractivity contribution in [1.29, 1.82) is 0 Å². The predicted octanol–water partition coefficient (Wildman–Crippen LogP) is 2.42. The molecule has 5 heteroatoms. The number of sulfone groups is 1. The van der Waals surface area contributed by atoms with Crippen LogP contribution in [-0.4, -0.2) is 14.2 Å². The summed E-state index contributed by atoms with van der Waals surface area (Å²) in [5.41, 5.74) is 6.38. The fourth-order valence-corrected chi connectivity index (χ4v) is 3.90. The van der Waals surface area contributed by atoms with Crippen molar-refractivity contribution >= 4 is 36.9 Å². The van der Waals surface area contributed by atoms with Gasteiger partial charge in [0.1, 0.15) is 0 Å². The molecule has 0 bridgehead atoms. The van der Waals surface area contributed by atoms with Crippen molar-refractivity contribution in [3.8, 4) is 0 Å². The lowest BCUT2D eigenvalue weighted by atomic mass is 10.2. The summed E-state index contributed by atoms with van der Waals surface area (Å²) >= 11 is 1.49. The van der Waals surface area contributed by atoms with Gasteiger partial charge in [0.05, 0.1) is 5.75 Å². The number of hydrogen-bond donors (Lipinski definition) is 1. The largest absolute Gasteiger partial charge is 0.399 e. The lowest BCUT2D eigenvalue weighted by Crippen LogP contribution is -2.04. The van der Waals surface area contributed by atoms with Crippen molar-refractivity contribution in [2.24, 2.45) is 0 Å². The third-order valence-electron chi connectivity index (χ3n) is 2.40. The number of benzene rings is 1. The van der Waals surface area contributed by atoms with Gasteiger partial charge in [-0.1, -0.05) is 13.0 Å². The molecular formula is C11H13NO2S2. The van der Waals surface area contributed by atoms with Gasteiger partial charge in [-0.25, -0.2) is 8.42 Å². The number of rotatable bonds is 3. The molecule has 0 radical (unpaired) electrons. The highest BCUT2D eigenvalue weighted by Gasteiger charge is 2.11. The van der Waals surface area contributed by atoms with Gasteiger partial charge in [0, 0.05) is 21.0 Å². The van der Waals surface area contributed by atoms with Crippen LogP contribution in [-0.2, 0) is 15.6 Å². The summed E-state index contributed by atoms with van der Waals surface area (Å²) in [6, 6.07) is 7.55. The molecule has 0 aliphatic heterocycles. The highest BCUT2D eigenvalue weighted by Crippen LogP contribution is 2.28. The van der Waals surface area contributed by atoms with Crippen molar-refractivity contribution in [3.05, 3.63) is 29.1 Å². The van der Waals surface area contributed by atoms with E-state index in [1.807, 2.05) is 24.3 Å². The van der Waals surface area contributed by atoms with Crippen molar-refractivity contribution in [2.75, 3.05) is 11.5 Å². The number of nitrogen functional groups attached to an aromatic ring is 1. The summed E-state index contributed by atoms with van der Waals surface area (Å²) in [6.07, 6.45) is 0. The molecule has 86 valence electrons. The first kappa shape index (κ1) is 11.4. The molecule has 0 saturated heterocycles. The maximum absolute atomic E-state index is 11.5. The minimum Gasteiger partial charge on any atom is -0.399 e.